The third kappa shape index (κ3) is 3.58. The molecule has 0 aliphatic rings. The SMILES string of the molecule is [C-]#[N+]c1ccc(Oc2ccc(Br)c(C=O)c2)nc1OCC. The van der Waals surface area contributed by atoms with Crippen molar-refractivity contribution in [1.82, 2.24) is 4.98 Å². The van der Waals surface area contributed by atoms with Gasteiger partial charge in [-0.05, 0) is 37.3 Å². The lowest BCUT2D eigenvalue weighted by atomic mass is 10.2. The van der Waals surface area contributed by atoms with Gasteiger partial charge in [-0.25, -0.2) is 4.85 Å². The van der Waals surface area contributed by atoms with Crippen molar-refractivity contribution in [2.45, 2.75) is 6.92 Å². The van der Waals surface area contributed by atoms with Gasteiger partial charge < -0.3 is 9.47 Å². The maximum atomic E-state index is 10.9. The molecule has 106 valence electrons. The molecule has 0 saturated carbocycles. The zero-order chi connectivity index (χ0) is 15.2. The fourth-order valence-corrected chi connectivity index (χ4v) is 1.94. The molecular weight excluding hydrogens is 336 g/mol. The van der Waals surface area contributed by atoms with E-state index in [2.05, 4.69) is 25.8 Å². The monoisotopic (exact) mass is 346 g/mol. The topological polar surface area (TPSA) is 52.8 Å². The Morgan fingerprint density at radius 1 is 1.38 bits per heavy atom. The van der Waals surface area contributed by atoms with Gasteiger partial charge in [-0.3, -0.25) is 4.79 Å². The van der Waals surface area contributed by atoms with Crippen LogP contribution >= 0.6 is 15.9 Å². The first-order chi connectivity index (χ1) is 10.2. The summed E-state index contributed by atoms with van der Waals surface area (Å²) in [5.74, 6) is 1.01. The molecule has 21 heavy (non-hydrogen) atoms. The summed E-state index contributed by atoms with van der Waals surface area (Å²) < 4.78 is 11.6. The number of ether oxygens (including phenoxy) is 2. The first-order valence-electron chi connectivity index (χ1n) is 6.11. The van der Waals surface area contributed by atoms with Crippen molar-refractivity contribution in [3.05, 3.63) is 51.8 Å². The number of carbonyl (C=O) groups excluding carboxylic acids is 1. The zero-order valence-electron chi connectivity index (χ0n) is 11.2. The second-order valence-electron chi connectivity index (χ2n) is 3.92. The number of aldehydes is 1. The first kappa shape index (κ1) is 15.0. The number of carbonyl (C=O) groups is 1. The van der Waals surface area contributed by atoms with Crippen LogP contribution in [0.5, 0.6) is 17.5 Å². The minimum Gasteiger partial charge on any atom is -0.487 e. The normalized spacial score (nSPS) is 9.76. The summed E-state index contributed by atoms with van der Waals surface area (Å²) >= 11 is 3.27. The van der Waals surface area contributed by atoms with Crippen LogP contribution in [0.1, 0.15) is 17.3 Å². The van der Waals surface area contributed by atoms with E-state index in [0.717, 1.165) is 6.29 Å². The van der Waals surface area contributed by atoms with Crippen LogP contribution in [0.25, 0.3) is 4.85 Å². The molecule has 5 nitrogen and oxygen atoms in total. The Morgan fingerprint density at radius 3 is 2.86 bits per heavy atom. The minimum atomic E-state index is 0.234. The van der Waals surface area contributed by atoms with Gasteiger partial charge in [0, 0.05) is 10.0 Å². The maximum absolute atomic E-state index is 10.9. The predicted molar refractivity (Wildman–Crippen MR) is 81.3 cm³/mol. The quantitative estimate of drug-likeness (QED) is 0.594. The Kier molecular flexibility index (Phi) is 4.90. The summed E-state index contributed by atoms with van der Waals surface area (Å²) in [7, 11) is 0. The van der Waals surface area contributed by atoms with E-state index in [9.17, 15) is 4.79 Å². The van der Waals surface area contributed by atoms with Crippen molar-refractivity contribution in [1.29, 1.82) is 0 Å². The molecule has 0 aliphatic heterocycles. The van der Waals surface area contributed by atoms with Gasteiger partial charge in [-0.1, -0.05) is 15.9 Å². The van der Waals surface area contributed by atoms with E-state index in [1.54, 1.807) is 30.3 Å². The Morgan fingerprint density at radius 2 is 2.19 bits per heavy atom. The molecular formula is C15H11BrN2O3. The van der Waals surface area contributed by atoms with Crippen molar-refractivity contribution in [3.8, 4) is 17.5 Å². The predicted octanol–water partition coefficient (Wildman–Crippen LogP) is 4.40. The van der Waals surface area contributed by atoms with E-state index in [-0.39, 0.29) is 5.88 Å². The van der Waals surface area contributed by atoms with Crippen molar-refractivity contribution >= 4 is 27.9 Å². The van der Waals surface area contributed by atoms with Crippen molar-refractivity contribution in [2.75, 3.05) is 6.61 Å². The molecule has 0 spiro atoms. The molecule has 0 aliphatic carbocycles. The summed E-state index contributed by atoms with van der Waals surface area (Å²) in [5.41, 5.74) is 0.809. The molecule has 0 N–H and O–H groups in total. The fourth-order valence-electron chi connectivity index (χ4n) is 1.60. The lowest BCUT2D eigenvalue weighted by Crippen LogP contribution is -1.96. The van der Waals surface area contributed by atoms with Gasteiger partial charge in [0.1, 0.15) is 5.75 Å². The highest BCUT2D eigenvalue weighted by Gasteiger charge is 2.09. The Bertz CT molecular complexity index is 711. The van der Waals surface area contributed by atoms with E-state index in [0.29, 0.717) is 34.0 Å². The minimum absolute atomic E-state index is 0.234. The summed E-state index contributed by atoms with van der Waals surface area (Å²) in [6, 6.07) is 8.19. The fraction of sp³-hybridized carbons (Fsp3) is 0.133. The van der Waals surface area contributed by atoms with Gasteiger partial charge in [0.15, 0.2) is 6.29 Å². The summed E-state index contributed by atoms with van der Waals surface area (Å²) in [6.07, 6.45) is 0.734. The van der Waals surface area contributed by atoms with Crippen LogP contribution in [0.15, 0.2) is 34.8 Å². The van der Waals surface area contributed by atoms with E-state index in [4.69, 9.17) is 16.0 Å². The average Bonchev–Trinajstić information content (AvgIpc) is 2.50. The number of halogens is 1. The van der Waals surface area contributed by atoms with Crippen LogP contribution in [-0.4, -0.2) is 17.9 Å². The van der Waals surface area contributed by atoms with Gasteiger partial charge in [0.05, 0.1) is 13.2 Å². The zero-order valence-corrected chi connectivity index (χ0v) is 12.8. The molecule has 0 bridgehead atoms. The number of rotatable bonds is 5. The smallest absolute Gasteiger partial charge is 0.247 e. The lowest BCUT2D eigenvalue weighted by Gasteiger charge is -2.09. The van der Waals surface area contributed by atoms with Crippen molar-refractivity contribution < 1.29 is 14.3 Å². The van der Waals surface area contributed by atoms with Crippen molar-refractivity contribution in [2.24, 2.45) is 0 Å². The summed E-state index contributed by atoms with van der Waals surface area (Å²) in [6.45, 7) is 9.27. The van der Waals surface area contributed by atoms with E-state index < -0.39 is 0 Å². The van der Waals surface area contributed by atoms with Crippen LogP contribution in [0.4, 0.5) is 5.69 Å². The average molecular weight is 347 g/mol. The largest absolute Gasteiger partial charge is 0.487 e. The Hall–Kier alpha value is -2.39. The molecule has 1 heterocycles. The lowest BCUT2D eigenvalue weighted by molar-refractivity contribution is 0.112. The third-order valence-corrected chi connectivity index (χ3v) is 3.26. The summed E-state index contributed by atoms with van der Waals surface area (Å²) in [4.78, 5) is 18.4. The van der Waals surface area contributed by atoms with Crippen LogP contribution < -0.4 is 9.47 Å². The number of hydrogen-bond acceptors (Lipinski definition) is 4. The molecule has 6 heteroatoms. The van der Waals surface area contributed by atoms with Gasteiger partial charge in [0.2, 0.25) is 17.4 Å². The third-order valence-electron chi connectivity index (χ3n) is 2.53. The van der Waals surface area contributed by atoms with E-state index >= 15 is 0 Å². The van der Waals surface area contributed by atoms with Gasteiger partial charge in [0.25, 0.3) is 0 Å². The second kappa shape index (κ2) is 6.86. The first-order valence-corrected chi connectivity index (χ1v) is 6.91. The molecule has 0 saturated heterocycles. The number of hydrogen-bond donors (Lipinski definition) is 0. The number of benzene rings is 1. The number of pyridine rings is 1. The van der Waals surface area contributed by atoms with Crippen LogP contribution in [0.2, 0.25) is 0 Å². The molecule has 1 aromatic carbocycles. The molecule has 2 aromatic rings. The van der Waals surface area contributed by atoms with Crippen molar-refractivity contribution in [3.63, 3.8) is 0 Å². The maximum Gasteiger partial charge on any atom is 0.247 e. The Balaban J connectivity index is 2.29. The number of nitrogens with zero attached hydrogens (tertiary/aromatic N) is 2. The molecule has 0 amide bonds. The highest BCUT2D eigenvalue weighted by molar-refractivity contribution is 9.10. The molecule has 0 unspecified atom stereocenters. The van der Waals surface area contributed by atoms with Crippen LogP contribution in [-0.2, 0) is 0 Å². The highest BCUT2D eigenvalue weighted by Crippen LogP contribution is 2.31. The Labute approximate surface area is 130 Å². The highest BCUT2D eigenvalue weighted by atomic mass is 79.9. The summed E-state index contributed by atoms with van der Waals surface area (Å²) in [5, 5.41) is 0. The molecule has 0 radical (unpaired) electrons. The molecule has 1 aromatic heterocycles. The van der Waals surface area contributed by atoms with Gasteiger partial charge in [-0.15, -0.1) is 0 Å². The van der Waals surface area contributed by atoms with Gasteiger partial charge in [-0.2, -0.15) is 4.98 Å². The second-order valence-corrected chi connectivity index (χ2v) is 4.78. The molecule has 0 atom stereocenters. The number of aromatic nitrogens is 1. The molecule has 2 rings (SSSR count). The molecule has 0 fully saturated rings. The van der Waals surface area contributed by atoms with E-state index in [1.165, 1.54) is 0 Å². The van der Waals surface area contributed by atoms with Crippen LogP contribution in [0, 0.1) is 6.57 Å². The standard InChI is InChI=1S/C15H11BrN2O3/c1-3-20-15-13(17-2)6-7-14(18-15)21-11-4-5-12(16)10(8-11)9-19/h4-9H,3H2,1H3. The van der Waals surface area contributed by atoms with Crippen LogP contribution in [0.3, 0.4) is 0 Å². The van der Waals surface area contributed by atoms with E-state index in [1.807, 2.05) is 6.92 Å². The van der Waals surface area contributed by atoms with Gasteiger partial charge >= 0.3 is 0 Å².